The summed E-state index contributed by atoms with van der Waals surface area (Å²) in [5, 5.41) is 7.85. The zero-order valence-corrected chi connectivity index (χ0v) is 11.3. The summed E-state index contributed by atoms with van der Waals surface area (Å²) in [4.78, 5) is 0. The summed E-state index contributed by atoms with van der Waals surface area (Å²) in [6, 6.07) is 8.88. The average molecular weight is 245 g/mol. The molecule has 0 radical (unpaired) electrons. The Bertz CT molecular complexity index is 460. The Balaban J connectivity index is 1.76. The number of thiophene rings is 1. The van der Waals surface area contributed by atoms with Crippen LogP contribution in [0.25, 0.3) is 0 Å². The Morgan fingerprint density at radius 3 is 2.65 bits per heavy atom. The lowest BCUT2D eigenvalue weighted by molar-refractivity contribution is 0.687. The highest BCUT2D eigenvalue weighted by atomic mass is 32.1. The van der Waals surface area contributed by atoms with Gasteiger partial charge in [0, 0.05) is 6.54 Å². The fourth-order valence-corrected chi connectivity index (χ4v) is 2.52. The van der Waals surface area contributed by atoms with Gasteiger partial charge in [0.15, 0.2) is 0 Å². The Labute approximate surface area is 108 Å². The summed E-state index contributed by atoms with van der Waals surface area (Å²) in [6.45, 7) is 6.34. The lowest BCUT2D eigenvalue weighted by atomic mass is 10.1. The molecule has 1 nitrogen and oxygen atoms in total. The maximum atomic E-state index is 3.49. The van der Waals surface area contributed by atoms with Gasteiger partial charge < -0.3 is 5.32 Å². The Morgan fingerprint density at radius 1 is 1.06 bits per heavy atom. The summed E-state index contributed by atoms with van der Waals surface area (Å²) in [7, 11) is 0. The Kier molecular flexibility index (Phi) is 4.35. The highest BCUT2D eigenvalue weighted by Gasteiger charge is 1.97. The Hall–Kier alpha value is -1.12. The second-order valence-electron chi connectivity index (χ2n) is 4.48. The summed E-state index contributed by atoms with van der Waals surface area (Å²) in [5.41, 5.74) is 5.55. The van der Waals surface area contributed by atoms with Crippen molar-refractivity contribution in [3.05, 3.63) is 57.3 Å². The lowest BCUT2D eigenvalue weighted by Crippen LogP contribution is -2.16. The van der Waals surface area contributed by atoms with E-state index >= 15 is 0 Å². The van der Waals surface area contributed by atoms with Crippen LogP contribution in [0.2, 0.25) is 0 Å². The molecule has 2 aromatic rings. The van der Waals surface area contributed by atoms with E-state index in [1.807, 2.05) is 0 Å². The van der Waals surface area contributed by atoms with Gasteiger partial charge in [-0.05, 0) is 65.9 Å². The van der Waals surface area contributed by atoms with Gasteiger partial charge in [-0.1, -0.05) is 18.2 Å². The highest BCUT2D eigenvalue weighted by Crippen LogP contribution is 2.10. The number of hydrogen-bond donors (Lipinski definition) is 1. The van der Waals surface area contributed by atoms with Crippen molar-refractivity contribution in [2.24, 2.45) is 0 Å². The lowest BCUT2D eigenvalue weighted by Gasteiger charge is -2.06. The third-order valence-electron chi connectivity index (χ3n) is 3.07. The van der Waals surface area contributed by atoms with Gasteiger partial charge in [0.1, 0.15) is 0 Å². The minimum Gasteiger partial charge on any atom is -0.312 e. The first-order valence-electron chi connectivity index (χ1n) is 6.03. The van der Waals surface area contributed by atoms with Gasteiger partial charge >= 0.3 is 0 Å². The van der Waals surface area contributed by atoms with Gasteiger partial charge in [-0.3, -0.25) is 0 Å². The molecule has 0 unspecified atom stereocenters. The van der Waals surface area contributed by atoms with E-state index in [1.165, 1.54) is 22.3 Å². The van der Waals surface area contributed by atoms with Crippen molar-refractivity contribution in [2.45, 2.75) is 26.8 Å². The topological polar surface area (TPSA) is 12.0 Å². The predicted molar refractivity (Wildman–Crippen MR) is 75.6 cm³/mol. The first kappa shape index (κ1) is 12.3. The third kappa shape index (κ3) is 3.69. The van der Waals surface area contributed by atoms with Crippen LogP contribution in [0.3, 0.4) is 0 Å². The fourth-order valence-electron chi connectivity index (χ4n) is 1.81. The molecule has 0 aliphatic heterocycles. The van der Waals surface area contributed by atoms with E-state index in [4.69, 9.17) is 0 Å². The normalized spacial score (nSPS) is 10.7. The van der Waals surface area contributed by atoms with Crippen LogP contribution in [0.4, 0.5) is 0 Å². The van der Waals surface area contributed by atoms with Crippen molar-refractivity contribution in [1.82, 2.24) is 5.32 Å². The summed E-state index contributed by atoms with van der Waals surface area (Å²) < 4.78 is 0. The number of hydrogen-bond acceptors (Lipinski definition) is 2. The first-order chi connectivity index (χ1) is 8.25. The highest BCUT2D eigenvalue weighted by molar-refractivity contribution is 7.07. The van der Waals surface area contributed by atoms with Gasteiger partial charge in [0.05, 0.1) is 0 Å². The molecular formula is C15H19NS. The van der Waals surface area contributed by atoms with Crippen LogP contribution in [-0.2, 0) is 13.0 Å². The molecule has 0 spiro atoms. The zero-order valence-electron chi connectivity index (χ0n) is 10.5. The summed E-state index contributed by atoms with van der Waals surface area (Å²) in [6.07, 6.45) is 1.12. The van der Waals surface area contributed by atoms with E-state index in [0.29, 0.717) is 0 Å². The van der Waals surface area contributed by atoms with Crippen molar-refractivity contribution in [2.75, 3.05) is 6.54 Å². The average Bonchev–Trinajstić information content (AvgIpc) is 2.82. The van der Waals surface area contributed by atoms with E-state index in [0.717, 1.165) is 19.5 Å². The van der Waals surface area contributed by atoms with E-state index < -0.39 is 0 Å². The molecule has 0 amide bonds. The summed E-state index contributed by atoms with van der Waals surface area (Å²) in [5.74, 6) is 0. The Morgan fingerprint density at radius 2 is 1.94 bits per heavy atom. The molecule has 17 heavy (non-hydrogen) atoms. The fraction of sp³-hybridized carbons (Fsp3) is 0.333. The zero-order chi connectivity index (χ0) is 12.1. The van der Waals surface area contributed by atoms with Crippen LogP contribution in [0, 0.1) is 13.8 Å². The van der Waals surface area contributed by atoms with Crippen molar-refractivity contribution in [3.8, 4) is 0 Å². The second-order valence-corrected chi connectivity index (χ2v) is 5.26. The van der Waals surface area contributed by atoms with Crippen LogP contribution in [0.15, 0.2) is 35.0 Å². The van der Waals surface area contributed by atoms with Crippen LogP contribution in [0.1, 0.15) is 22.3 Å². The molecule has 0 aliphatic rings. The maximum Gasteiger partial charge on any atom is 0.0205 e. The van der Waals surface area contributed by atoms with Gasteiger partial charge in [0.2, 0.25) is 0 Å². The number of nitrogens with one attached hydrogen (secondary N) is 1. The van der Waals surface area contributed by atoms with E-state index in [9.17, 15) is 0 Å². The number of benzene rings is 1. The van der Waals surface area contributed by atoms with E-state index in [2.05, 4.69) is 54.2 Å². The number of rotatable bonds is 5. The van der Waals surface area contributed by atoms with Crippen LogP contribution in [-0.4, -0.2) is 6.54 Å². The van der Waals surface area contributed by atoms with Crippen molar-refractivity contribution < 1.29 is 0 Å². The predicted octanol–water partition coefficient (Wildman–Crippen LogP) is 3.70. The molecule has 1 aromatic carbocycles. The molecule has 1 aromatic heterocycles. The third-order valence-corrected chi connectivity index (χ3v) is 3.80. The van der Waals surface area contributed by atoms with Crippen LogP contribution in [0.5, 0.6) is 0 Å². The van der Waals surface area contributed by atoms with Gasteiger partial charge in [-0.2, -0.15) is 11.3 Å². The minimum absolute atomic E-state index is 0.964. The van der Waals surface area contributed by atoms with Gasteiger partial charge in [0.25, 0.3) is 0 Å². The minimum atomic E-state index is 0.964. The van der Waals surface area contributed by atoms with Gasteiger partial charge in [-0.25, -0.2) is 0 Å². The molecular weight excluding hydrogens is 226 g/mol. The molecule has 90 valence electrons. The molecule has 2 rings (SSSR count). The monoisotopic (exact) mass is 245 g/mol. The van der Waals surface area contributed by atoms with Crippen molar-refractivity contribution in [3.63, 3.8) is 0 Å². The smallest absolute Gasteiger partial charge is 0.0205 e. The standard InChI is InChI=1S/C15H19NS/c1-12-3-4-15(9-13(12)2)10-16-7-5-14-6-8-17-11-14/h3-4,6,8-9,11,16H,5,7,10H2,1-2H3. The molecule has 0 fully saturated rings. The maximum absolute atomic E-state index is 3.49. The SMILES string of the molecule is Cc1ccc(CNCCc2ccsc2)cc1C. The van der Waals surface area contributed by atoms with Crippen molar-refractivity contribution in [1.29, 1.82) is 0 Å². The molecule has 0 saturated carbocycles. The molecule has 1 N–H and O–H groups in total. The van der Waals surface area contributed by atoms with Gasteiger partial charge in [-0.15, -0.1) is 0 Å². The molecule has 0 atom stereocenters. The molecule has 2 heteroatoms. The number of aryl methyl sites for hydroxylation is 2. The van der Waals surface area contributed by atoms with Crippen molar-refractivity contribution >= 4 is 11.3 Å². The second kappa shape index (κ2) is 5.99. The summed E-state index contributed by atoms with van der Waals surface area (Å²) >= 11 is 1.77. The molecule has 1 heterocycles. The first-order valence-corrected chi connectivity index (χ1v) is 6.98. The van der Waals surface area contributed by atoms with E-state index in [-0.39, 0.29) is 0 Å². The van der Waals surface area contributed by atoms with Crippen LogP contribution < -0.4 is 5.32 Å². The quantitative estimate of drug-likeness (QED) is 0.792. The largest absolute Gasteiger partial charge is 0.312 e. The van der Waals surface area contributed by atoms with Crippen LogP contribution >= 0.6 is 11.3 Å². The molecule has 0 aliphatic carbocycles. The van der Waals surface area contributed by atoms with E-state index in [1.54, 1.807) is 11.3 Å². The molecule has 0 saturated heterocycles. The molecule has 0 bridgehead atoms.